The van der Waals surface area contributed by atoms with Gasteiger partial charge in [0.15, 0.2) is 29.6 Å². The Kier molecular flexibility index (Phi) is 12.4. The molecule has 0 saturated heterocycles. The first-order chi connectivity index (χ1) is 23.2. The summed E-state index contributed by atoms with van der Waals surface area (Å²) in [5.41, 5.74) is 5.94. The van der Waals surface area contributed by atoms with Gasteiger partial charge in [-0.05, 0) is 61.7 Å². The Labute approximate surface area is 283 Å². The van der Waals surface area contributed by atoms with Crippen LogP contribution in [0.25, 0.3) is 0 Å². The molecule has 0 unspecified atom stereocenters. The molecule has 1 atom stereocenters. The Morgan fingerprint density at radius 1 is 1.02 bits per heavy atom. The SMILES string of the molecule is C=CCc1cc(/C=N\NC(=O)COc2ccc([C@@H]3NC(=O)NC(C)=C3C(=O)OCC)cc2OC)cc(OC)c1OCc1ccccc1Cl. The van der Waals surface area contributed by atoms with Gasteiger partial charge < -0.3 is 34.3 Å². The Hall–Kier alpha value is -5.49. The molecule has 1 heterocycles. The highest BCUT2D eigenvalue weighted by Gasteiger charge is 2.32. The summed E-state index contributed by atoms with van der Waals surface area (Å²) in [5.74, 6) is 0.511. The molecular weight excluding hydrogens is 640 g/mol. The summed E-state index contributed by atoms with van der Waals surface area (Å²) in [7, 11) is 2.97. The third kappa shape index (κ3) is 8.85. The molecule has 4 rings (SSSR count). The number of esters is 1. The molecule has 0 bridgehead atoms. The third-order valence-corrected chi connectivity index (χ3v) is 7.48. The lowest BCUT2D eigenvalue weighted by molar-refractivity contribution is -0.139. The number of hydrogen-bond donors (Lipinski definition) is 3. The number of carbonyl (C=O) groups excluding carboxylic acids is 3. The molecule has 3 aromatic rings. The van der Waals surface area contributed by atoms with Gasteiger partial charge in [-0.25, -0.2) is 15.0 Å². The monoisotopic (exact) mass is 676 g/mol. The van der Waals surface area contributed by atoms with Crippen LogP contribution in [0.2, 0.25) is 5.02 Å². The molecule has 1 aliphatic heterocycles. The van der Waals surface area contributed by atoms with Crippen LogP contribution in [0.5, 0.6) is 23.0 Å². The van der Waals surface area contributed by atoms with E-state index < -0.39 is 23.9 Å². The molecular formula is C35H37ClN4O8. The van der Waals surface area contributed by atoms with Crippen molar-refractivity contribution in [1.29, 1.82) is 0 Å². The van der Waals surface area contributed by atoms with Gasteiger partial charge in [-0.2, -0.15) is 5.10 Å². The number of allylic oxidation sites excluding steroid dienone is 2. The van der Waals surface area contributed by atoms with Crippen LogP contribution in [0.3, 0.4) is 0 Å². The molecule has 0 fully saturated rings. The van der Waals surface area contributed by atoms with Gasteiger partial charge in [-0.3, -0.25) is 4.79 Å². The van der Waals surface area contributed by atoms with Crippen LogP contribution in [0.4, 0.5) is 4.79 Å². The molecule has 13 heteroatoms. The molecule has 252 valence electrons. The number of hydrogen-bond acceptors (Lipinski definition) is 9. The summed E-state index contributed by atoms with van der Waals surface area (Å²) in [6, 6.07) is 14.6. The largest absolute Gasteiger partial charge is 0.493 e. The molecule has 0 radical (unpaired) electrons. The highest BCUT2D eigenvalue weighted by Crippen LogP contribution is 2.36. The zero-order valence-electron chi connectivity index (χ0n) is 27.1. The van der Waals surface area contributed by atoms with Gasteiger partial charge in [-0.1, -0.05) is 41.9 Å². The number of nitrogens with zero attached hydrogens (tertiary/aromatic N) is 1. The minimum Gasteiger partial charge on any atom is -0.493 e. The standard InChI is InChI=1S/C35H37ClN4O8/c1-6-10-24-15-22(16-29(45-5)33(24)48-19-25-11-8-9-12-26(25)36)18-37-40-30(41)20-47-27-14-13-23(17-28(27)44-4)32-31(34(42)46-7-2)21(3)38-35(43)39-32/h6,8-9,11-18,32H,1,7,10,19-20H2,2-5H3,(H,40,41)(H2,38,39,43)/b37-18-/t32-/m0/s1. The van der Waals surface area contributed by atoms with Gasteiger partial charge >= 0.3 is 12.0 Å². The van der Waals surface area contributed by atoms with Crippen LogP contribution in [0.15, 0.2) is 83.6 Å². The van der Waals surface area contributed by atoms with E-state index >= 15 is 0 Å². The second kappa shape index (κ2) is 16.9. The molecule has 0 aliphatic carbocycles. The molecule has 48 heavy (non-hydrogen) atoms. The zero-order valence-corrected chi connectivity index (χ0v) is 27.8. The molecule has 0 saturated carbocycles. The predicted molar refractivity (Wildman–Crippen MR) is 181 cm³/mol. The van der Waals surface area contributed by atoms with Crippen LogP contribution in [0.1, 0.15) is 42.1 Å². The van der Waals surface area contributed by atoms with Gasteiger partial charge in [0.2, 0.25) is 0 Å². The summed E-state index contributed by atoms with van der Waals surface area (Å²) >= 11 is 6.29. The van der Waals surface area contributed by atoms with E-state index in [9.17, 15) is 14.4 Å². The normalized spacial score (nSPS) is 14.1. The third-order valence-electron chi connectivity index (χ3n) is 7.12. The van der Waals surface area contributed by atoms with Gasteiger partial charge in [0.25, 0.3) is 5.91 Å². The Bertz CT molecular complexity index is 1740. The second-order valence-electron chi connectivity index (χ2n) is 10.4. The highest BCUT2D eigenvalue weighted by atomic mass is 35.5. The molecule has 3 aromatic carbocycles. The number of hydrazone groups is 1. The van der Waals surface area contributed by atoms with Crippen molar-refractivity contribution in [3.05, 3.63) is 106 Å². The van der Waals surface area contributed by atoms with Crippen molar-refractivity contribution in [2.24, 2.45) is 5.10 Å². The smallest absolute Gasteiger partial charge is 0.338 e. The fourth-order valence-electron chi connectivity index (χ4n) is 4.91. The number of rotatable bonds is 15. The summed E-state index contributed by atoms with van der Waals surface area (Å²) in [5, 5.41) is 10.00. The van der Waals surface area contributed by atoms with Crippen molar-refractivity contribution in [1.82, 2.24) is 16.1 Å². The van der Waals surface area contributed by atoms with Crippen LogP contribution in [-0.4, -0.2) is 51.6 Å². The average molecular weight is 677 g/mol. The van der Waals surface area contributed by atoms with E-state index in [1.165, 1.54) is 20.4 Å². The molecule has 3 amide bonds. The molecule has 1 aliphatic rings. The van der Waals surface area contributed by atoms with E-state index in [0.717, 1.165) is 11.1 Å². The van der Waals surface area contributed by atoms with Crippen molar-refractivity contribution >= 4 is 35.7 Å². The van der Waals surface area contributed by atoms with Gasteiger partial charge in [0, 0.05) is 21.8 Å². The first kappa shape index (κ1) is 35.4. The first-order valence-corrected chi connectivity index (χ1v) is 15.3. The number of amides is 3. The van der Waals surface area contributed by atoms with E-state index in [1.54, 1.807) is 50.3 Å². The first-order valence-electron chi connectivity index (χ1n) is 14.9. The fourth-order valence-corrected chi connectivity index (χ4v) is 5.10. The van der Waals surface area contributed by atoms with Crippen LogP contribution < -0.4 is 35.0 Å². The lowest BCUT2D eigenvalue weighted by atomic mass is 9.95. The number of urea groups is 1. The predicted octanol–water partition coefficient (Wildman–Crippen LogP) is 5.38. The Morgan fingerprint density at radius 2 is 1.79 bits per heavy atom. The van der Waals surface area contributed by atoms with E-state index in [0.29, 0.717) is 39.8 Å². The zero-order chi connectivity index (χ0) is 34.6. The van der Waals surface area contributed by atoms with Gasteiger partial charge in [0.1, 0.15) is 6.61 Å². The maximum Gasteiger partial charge on any atom is 0.338 e. The second-order valence-corrected chi connectivity index (χ2v) is 10.8. The summed E-state index contributed by atoms with van der Waals surface area (Å²) < 4.78 is 28.0. The van der Waals surface area contributed by atoms with Crippen molar-refractivity contribution in [2.45, 2.75) is 32.9 Å². The molecule has 12 nitrogen and oxygen atoms in total. The number of ether oxygens (including phenoxy) is 5. The number of carbonyl (C=O) groups is 3. The quantitative estimate of drug-likeness (QED) is 0.0842. The summed E-state index contributed by atoms with van der Waals surface area (Å²) in [6.07, 6.45) is 3.72. The lowest BCUT2D eigenvalue weighted by Crippen LogP contribution is -2.45. The van der Waals surface area contributed by atoms with E-state index in [2.05, 4.69) is 27.7 Å². The van der Waals surface area contributed by atoms with Gasteiger partial charge in [-0.15, -0.1) is 6.58 Å². The maximum atomic E-state index is 12.7. The number of methoxy groups -OCH3 is 2. The average Bonchev–Trinajstić information content (AvgIpc) is 3.07. The topological polar surface area (TPSA) is 146 Å². The van der Waals surface area contributed by atoms with Crippen molar-refractivity contribution in [3.63, 3.8) is 0 Å². The molecule has 0 aromatic heterocycles. The van der Waals surface area contributed by atoms with Crippen LogP contribution in [-0.2, 0) is 27.4 Å². The lowest BCUT2D eigenvalue weighted by Gasteiger charge is -2.28. The van der Waals surface area contributed by atoms with Crippen molar-refractivity contribution < 1.29 is 38.1 Å². The Balaban J connectivity index is 1.41. The van der Waals surface area contributed by atoms with Crippen molar-refractivity contribution in [2.75, 3.05) is 27.4 Å². The fraction of sp³-hybridized carbons (Fsp3) is 0.257. The number of halogens is 1. The van der Waals surface area contributed by atoms with Gasteiger partial charge in [0.05, 0.1) is 38.7 Å². The molecule has 0 spiro atoms. The highest BCUT2D eigenvalue weighted by molar-refractivity contribution is 6.31. The van der Waals surface area contributed by atoms with E-state index in [1.807, 2.05) is 24.3 Å². The number of benzene rings is 3. The molecule has 3 N–H and O–H groups in total. The van der Waals surface area contributed by atoms with E-state index in [4.69, 9.17) is 35.3 Å². The van der Waals surface area contributed by atoms with Crippen LogP contribution in [0, 0.1) is 0 Å². The number of nitrogens with one attached hydrogen (secondary N) is 3. The summed E-state index contributed by atoms with van der Waals surface area (Å²) in [6.45, 7) is 7.21. The maximum absolute atomic E-state index is 12.7. The Morgan fingerprint density at radius 3 is 2.50 bits per heavy atom. The van der Waals surface area contributed by atoms with Crippen molar-refractivity contribution in [3.8, 4) is 23.0 Å². The van der Waals surface area contributed by atoms with E-state index in [-0.39, 0.29) is 36.9 Å². The summed E-state index contributed by atoms with van der Waals surface area (Å²) in [4.78, 5) is 37.4. The minimum absolute atomic E-state index is 0.176. The minimum atomic E-state index is -0.785. The van der Waals surface area contributed by atoms with Crippen LogP contribution >= 0.6 is 11.6 Å².